The van der Waals surface area contributed by atoms with E-state index in [-0.39, 0.29) is 12.6 Å². The average Bonchev–Trinajstić information content (AvgIpc) is 2.26. The number of esters is 1. The van der Waals surface area contributed by atoms with Crippen LogP contribution >= 0.6 is 0 Å². The van der Waals surface area contributed by atoms with Gasteiger partial charge in [-0.15, -0.1) is 0 Å². The molecule has 0 bridgehead atoms. The molecule has 0 aliphatic carbocycles. The van der Waals surface area contributed by atoms with Crippen LogP contribution in [0.15, 0.2) is 0 Å². The average molecular weight is 232 g/mol. The maximum absolute atomic E-state index is 11.8. The Morgan fingerprint density at radius 2 is 1.81 bits per heavy atom. The summed E-state index contributed by atoms with van der Waals surface area (Å²) in [6.07, 6.45) is 0.141. The van der Waals surface area contributed by atoms with E-state index in [2.05, 4.69) is 0 Å². The molecule has 0 aromatic rings. The highest BCUT2D eigenvalue weighted by Crippen LogP contribution is 2.22. The van der Waals surface area contributed by atoms with Crippen molar-refractivity contribution in [1.29, 1.82) is 0 Å². The van der Waals surface area contributed by atoms with Gasteiger partial charge < -0.3 is 14.2 Å². The van der Waals surface area contributed by atoms with E-state index in [1.165, 1.54) is 0 Å². The summed E-state index contributed by atoms with van der Waals surface area (Å²) in [5, 5.41) is 0. The molecule has 0 aliphatic rings. The predicted molar refractivity (Wildman–Crippen MR) is 62.1 cm³/mol. The summed E-state index contributed by atoms with van der Waals surface area (Å²) in [7, 11) is 0. The molecule has 0 aromatic heterocycles. The van der Waals surface area contributed by atoms with E-state index in [9.17, 15) is 4.79 Å². The SMILES string of the molecule is CCOCC(OCC)OC(=O)C(C)(C)CC. The van der Waals surface area contributed by atoms with Crippen LogP contribution in [0.3, 0.4) is 0 Å². The quantitative estimate of drug-likeness (QED) is 0.476. The second kappa shape index (κ2) is 7.63. The third-order valence-electron chi connectivity index (χ3n) is 2.49. The molecular weight excluding hydrogens is 208 g/mol. The van der Waals surface area contributed by atoms with Gasteiger partial charge in [-0.05, 0) is 34.1 Å². The van der Waals surface area contributed by atoms with Gasteiger partial charge in [-0.1, -0.05) is 6.92 Å². The topological polar surface area (TPSA) is 44.8 Å². The number of rotatable bonds is 8. The van der Waals surface area contributed by atoms with E-state index in [1.54, 1.807) is 0 Å². The molecule has 4 heteroatoms. The van der Waals surface area contributed by atoms with Crippen LogP contribution in [0, 0.1) is 5.41 Å². The van der Waals surface area contributed by atoms with E-state index in [4.69, 9.17) is 14.2 Å². The van der Waals surface area contributed by atoms with Crippen molar-refractivity contribution in [2.24, 2.45) is 5.41 Å². The fourth-order valence-electron chi connectivity index (χ4n) is 0.939. The third-order valence-corrected chi connectivity index (χ3v) is 2.49. The Kier molecular flexibility index (Phi) is 7.34. The minimum absolute atomic E-state index is 0.242. The first-order chi connectivity index (χ1) is 7.47. The van der Waals surface area contributed by atoms with Gasteiger partial charge in [0.15, 0.2) is 0 Å². The van der Waals surface area contributed by atoms with Crippen LogP contribution in [-0.2, 0) is 19.0 Å². The van der Waals surface area contributed by atoms with Gasteiger partial charge in [0.25, 0.3) is 0 Å². The Morgan fingerprint density at radius 1 is 1.19 bits per heavy atom. The van der Waals surface area contributed by atoms with Crippen molar-refractivity contribution >= 4 is 5.97 Å². The van der Waals surface area contributed by atoms with Crippen LogP contribution < -0.4 is 0 Å². The lowest BCUT2D eigenvalue weighted by molar-refractivity contribution is -0.198. The first-order valence-corrected chi connectivity index (χ1v) is 5.88. The van der Waals surface area contributed by atoms with Gasteiger partial charge in [0.1, 0.15) is 6.61 Å². The van der Waals surface area contributed by atoms with Gasteiger partial charge in [0.2, 0.25) is 6.29 Å². The van der Waals surface area contributed by atoms with Gasteiger partial charge in [-0.3, -0.25) is 4.79 Å². The zero-order valence-electron chi connectivity index (χ0n) is 11.0. The van der Waals surface area contributed by atoms with Crippen molar-refractivity contribution in [2.45, 2.75) is 47.3 Å². The summed E-state index contributed by atoms with van der Waals surface area (Å²) in [5.74, 6) is -0.242. The molecule has 0 spiro atoms. The molecule has 96 valence electrons. The van der Waals surface area contributed by atoms with Gasteiger partial charge in [0, 0.05) is 13.2 Å². The molecule has 1 unspecified atom stereocenters. The molecule has 1 atom stereocenters. The summed E-state index contributed by atoms with van der Waals surface area (Å²) in [6.45, 7) is 10.8. The molecule has 0 aromatic carbocycles. The van der Waals surface area contributed by atoms with E-state index >= 15 is 0 Å². The van der Waals surface area contributed by atoms with Crippen LogP contribution in [0.5, 0.6) is 0 Å². The lowest BCUT2D eigenvalue weighted by atomic mass is 9.91. The van der Waals surface area contributed by atoms with Gasteiger partial charge in [-0.25, -0.2) is 0 Å². The lowest BCUT2D eigenvalue weighted by Crippen LogP contribution is -2.33. The van der Waals surface area contributed by atoms with Crippen LogP contribution in [0.2, 0.25) is 0 Å². The smallest absolute Gasteiger partial charge is 0.313 e. The summed E-state index contributed by atoms with van der Waals surface area (Å²) in [6, 6.07) is 0. The summed E-state index contributed by atoms with van der Waals surface area (Å²) in [5.41, 5.74) is -0.471. The molecule has 0 fully saturated rings. The molecule has 0 heterocycles. The molecular formula is C12H24O4. The van der Waals surface area contributed by atoms with Crippen LogP contribution in [0.25, 0.3) is 0 Å². The van der Waals surface area contributed by atoms with E-state index < -0.39 is 11.7 Å². The van der Waals surface area contributed by atoms with Crippen LogP contribution in [0.1, 0.15) is 41.0 Å². The Balaban J connectivity index is 4.21. The zero-order valence-corrected chi connectivity index (χ0v) is 11.0. The summed E-state index contributed by atoms with van der Waals surface area (Å²) < 4.78 is 15.7. The monoisotopic (exact) mass is 232 g/mol. The van der Waals surface area contributed by atoms with E-state index in [0.717, 1.165) is 6.42 Å². The Hall–Kier alpha value is -0.610. The largest absolute Gasteiger partial charge is 0.433 e. The number of carbonyl (C=O) groups excluding carboxylic acids is 1. The number of ether oxygens (including phenoxy) is 3. The number of hydrogen-bond donors (Lipinski definition) is 0. The molecule has 0 rings (SSSR count). The first kappa shape index (κ1) is 15.4. The highest BCUT2D eigenvalue weighted by molar-refractivity contribution is 5.75. The van der Waals surface area contributed by atoms with Gasteiger partial charge in [-0.2, -0.15) is 0 Å². The molecule has 16 heavy (non-hydrogen) atoms. The maximum Gasteiger partial charge on any atom is 0.313 e. The van der Waals surface area contributed by atoms with Crippen molar-refractivity contribution < 1.29 is 19.0 Å². The third kappa shape index (κ3) is 5.47. The highest BCUT2D eigenvalue weighted by Gasteiger charge is 2.29. The molecule has 0 amide bonds. The fraction of sp³-hybridized carbons (Fsp3) is 0.917. The van der Waals surface area contributed by atoms with E-state index in [0.29, 0.717) is 13.2 Å². The molecule has 0 aliphatic heterocycles. The van der Waals surface area contributed by atoms with E-state index in [1.807, 2.05) is 34.6 Å². The number of hydrogen-bond acceptors (Lipinski definition) is 4. The summed E-state index contributed by atoms with van der Waals surface area (Å²) >= 11 is 0. The lowest BCUT2D eigenvalue weighted by Gasteiger charge is -2.24. The minimum Gasteiger partial charge on any atom is -0.433 e. The van der Waals surface area contributed by atoms with Crippen molar-refractivity contribution in [2.75, 3.05) is 19.8 Å². The normalized spacial score (nSPS) is 13.6. The number of carbonyl (C=O) groups is 1. The van der Waals surface area contributed by atoms with Crippen molar-refractivity contribution in [1.82, 2.24) is 0 Å². The first-order valence-electron chi connectivity index (χ1n) is 5.88. The Labute approximate surface area is 98.3 Å². The van der Waals surface area contributed by atoms with Gasteiger partial charge in [0.05, 0.1) is 5.41 Å². The standard InChI is InChI=1S/C12H24O4/c1-6-12(4,5)11(13)16-10(15-8-3)9-14-7-2/h10H,6-9H2,1-5H3. The zero-order chi connectivity index (χ0) is 12.6. The van der Waals surface area contributed by atoms with Crippen molar-refractivity contribution in [3.63, 3.8) is 0 Å². The molecule has 0 saturated carbocycles. The highest BCUT2D eigenvalue weighted by atomic mass is 16.7. The molecule has 0 radical (unpaired) electrons. The molecule has 0 saturated heterocycles. The van der Waals surface area contributed by atoms with Crippen LogP contribution in [0.4, 0.5) is 0 Å². The second-order valence-electron chi connectivity index (χ2n) is 4.19. The Bertz CT molecular complexity index is 201. The van der Waals surface area contributed by atoms with Gasteiger partial charge >= 0.3 is 5.97 Å². The fourth-order valence-corrected chi connectivity index (χ4v) is 0.939. The predicted octanol–water partition coefficient (Wildman–Crippen LogP) is 2.36. The second-order valence-corrected chi connectivity index (χ2v) is 4.19. The van der Waals surface area contributed by atoms with Crippen molar-refractivity contribution in [3.05, 3.63) is 0 Å². The Morgan fingerprint density at radius 3 is 2.25 bits per heavy atom. The minimum atomic E-state index is -0.594. The van der Waals surface area contributed by atoms with Crippen LogP contribution in [-0.4, -0.2) is 32.1 Å². The summed E-state index contributed by atoms with van der Waals surface area (Å²) in [4.78, 5) is 11.8. The van der Waals surface area contributed by atoms with Crippen molar-refractivity contribution in [3.8, 4) is 0 Å². The molecule has 4 nitrogen and oxygen atoms in total. The molecule has 0 N–H and O–H groups in total. The maximum atomic E-state index is 11.8.